The van der Waals surface area contributed by atoms with E-state index in [4.69, 9.17) is 4.98 Å². The number of aromatic nitrogens is 1. The summed E-state index contributed by atoms with van der Waals surface area (Å²) in [4.78, 5) is 7.24. The van der Waals surface area contributed by atoms with Crippen LogP contribution in [0.3, 0.4) is 0 Å². The maximum Gasteiger partial charge on any atom is 0.0780 e. The molecule has 0 amide bonds. The first-order valence-corrected chi connectivity index (χ1v) is 14.2. The molecule has 2 unspecified atom stereocenters. The van der Waals surface area contributed by atoms with Crippen molar-refractivity contribution in [2.45, 2.75) is 25.2 Å². The molecule has 0 bridgehead atoms. The highest BCUT2D eigenvalue weighted by atomic mass is 15.2. The molecule has 192 valence electrons. The Morgan fingerprint density at radius 3 is 2.27 bits per heavy atom. The Kier molecular flexibility index (Phi) is 5.03. The van der Waals surface area contributed by atoms with E-state index in [0.717, 1.165) is 16.5 Å². The lowest BCUT2D eigenvalue weighted by Crippen LogP contribution is -2.26. The third-order valence-corrected chi connectivity index (χ3v) is 9.08. The topological polar surface area (TPSA) is 16.1 Å². The van der Waals surface area contributed by atoms with Gasteiger partial charge < -0.3 is 4.90 Å². The molecule has 4 aromatic carbocycles. The fourth-order valence-electron chi connectivity index (χ4n) is 7.31. The van der Waals surface area contributed by atoms with Gasteiger partial charge in [-0.3, -0.25) is 4.98 Å². The third-order valence-electron chi connectivity index (χ3n) is 9.08. The molecule has 1 aromatic heterocycles. The second kappa shape index (κ2) is 8.66. The van der Waals surface area contributed by atoms with Crippen molar-refractivity contribution >= 4 is 28.0 Å². The first-order valence-electron chi connectivity index (χ1n) is 14.2. The van der Waals surface area contributed by atoms with Gasteiger partial charge in [0.25, 0.3) is 0 Å². The summed E-state index contributed by atoms with van der Waals surface area (Å²) < 4.78 is 0. The lowest BCUT2D eigenvalue weighted by Gasteiger charge is -2.33. The Hall–Kier alpha value is -4.69. The lowest BCUT2D eigenvalue weighted by atomic mass is 9.69. The largest absolute Gasteiger partial charge is 0.310 e. The van der Waals surface area contributed by atoms with Gasteiger partial charge in [-0.25, -0.2) is 0 Å². The molecular weight excluding hydrogens is 484 g/mol. The molecule has 3 aliphatic rings. The molecule has 8 rings (SSSR count). The number of anilines is 2. The van der Waals surface area contributed by atoms with Crippen LogP contribution in [0.15, 0.2) is 139 Å². The van der Waals surface area contributed by atoms with Gasteiger partial charge >= 0.3 is 0 Å². The summed E-state index contributed by atoms with van der Waals surface area (Å²) in [5.41, 5.74) is 12.7. The predicted octanol–water partition coefficient (Wildman–Crippen LogP) is 9.58. The minimum atomic E-state index is -0.0841. The van der Waals surface area contributed by atoms with Gasteiger partial charge in [-0.1, -0.05) is 117 Å². The molecule has 2 heterocycles. The van der Waals surface area contributed by atoms with Gasteiger partial charge in [-0.2, -0.15) is 0 Å². The van der Waals surface area contributed by atoms with Gasteiger partial charge in [-0.15, -0.1) is 0 Å². The number of rotatable bonds is 2. The number of pyridine rings is 1. The summed E-state index contributed by atoms with van der Waals surface area (Å²) in [6, 6.07) is 37.6. The lowest BCUT2D eigenvalue weighted by molar-refractivity contribution is 0.531. The van der Waals surface area contributed by atoms with E-state index in [0.29, 0.717) is 11.8 Å². The quantitative estimate of drug-likeness (QED) is 0.233. The molecule has 2 heteroatoms. The van der Waals surface area contributed by atoms with Crippen molar-refractivity contribution in [3.05, 3.63) is 156 Å². The van der Waals surface area contributed by atoms with Crippen molar-refractivity contribution in [1.29, 1.82) is 0 Å². The van der Waals surface area contributed by atoms with E-state index in [1.807, 2.05) is 12.3 Å². The molecule has 0 N–H and O–H groups in total. The number of nitrogens with zero attached hydrogens (tertiary/aromatic N) is 2. The van der Waals surface area contributed by atoms with E-state index in [2.05, 4.69) is 140 Å². The number of benzene rings is 4. The number of allylic oxidation sites excluding steroid dienone is 5. The molecular formula is C38H30N2. The zero-order chi connectivity index (χ0) is 26.8. The minimum Gasteiger partial charge on any atom is -0.310 e. The standard InChI is InChI=1S/C38H30N2/c1-38(2)33-18-7-5-16-32(33)37-35(38)31-15-4-3-13-29(31)30-14-6-8-19-34(30)40(37)27-22-20-25(21-23-27)28-17-9-11-26-12-10-24-39-36(26)28/h3-24,29,31H,1-2H3. The average Bonchev–Trinajstić information content (AvgIpc) is 3.15. The Morgan fingerprint density at radius 2 is 1.40 bits per heavy atom. The fourth-order valence-corrected chi connectivity index (χ4v) is 7.31. The van der Waals surface area contributed by atoms with Gasteiger partial charge in [0.15, 0.2) is 0 Å². The Labute approximate surface area is 235 Å². The van der Waals surface area contributed by atoms with Crippen molar-refractivity contribution in [3.63, 3.8) is 0 Å². The number of hydrogen-bond acceptors (Lipinski definition) is 2. The maximum atomic E-state index is 4.71. The molecule has 40 heavy (non-hydrogen) atoms. The zero-order valence-electron chi connectivity index (χ0n) is 22.8. The van der Waals surface area contributed by atoms with Gasteiger partial charge in [0, 0.05) is 51.3 Å². The molecule has 0 radical (unpaired) electrons. The smallest absolute Gasteiger partial charge is 0.0780 e. The van der Waals surface area contributed by atoms with E-state index in [9.17, 15) is 0 Å². The highest BCUT2D eigenvalue weighted by molar-refractivity contribution is 5.98. The molecule has 0 fully saturated rings. The van der Waals surface area contributed by atoms with Gasteiger partial charge in [0.2, 0.25) is 0 Å². The molecule has 0 saturated carbocycles. The van der Waals surface area contributed by atoms with Crippen LogP contribution in [-0.2, 0) is 5.41 Å². The van der Waals surface area contributed by atoms with Crippen LogP contribution in [0.4, 0.5) is 11.4 Å². The Bertz CT molecular complexity index is 1880. The van der Waals surface area contributed by atoms with Crippen LogP contribution in [0.25, 0.3) is 27.7 Å². The van der Waals surface area contributed by atoms with Crippen LogP contribution in [0.2, 0.25) is 0 Å². The van der Waals surface area contributed by atoms with Crippen molar-refractivity contribution in [2.75, 3.05) is 4.90 Å². The van der Waals surface area contributed by atoms with E-state index in [-0.39, 0.29) is 5.41 Å². The van der Waals surface area contributed by atoms with Gasteiger partial charge in [-0.05, 0) is 46.5 Å². The number of hydrogen-bond donors (Lipinski definition) is 0. The molecule has 2 atom stereocenters. The van der Waals surface area contributed by atoms with Crippen molar-refractivity contribution in [1.82, 2.24) is 4.98 Å². The van der Waals surface area contributed by atoms with Crippen LogP contribution < -0.4 is 4.90 Å². The second-order valence-corrected chi connectivity index (χ2v) is 11.6. The molecule has 0 saturated heterocycles. The molecule has 0 spiro atoms. The van der Waals surface area contributed by atoms with Crippen LogP contribution in [0.5, 0.6) is 0 Å². The summed E-state index contributed by atoms with van der Waals surface area (Å²) in [7, 11) is 0. The van der Waals surface area contributed by atoms with Gasteiger partial charge in [0.05, 0.1) is 11.2 Å². The van der Waals surface area contributed by atoms with Crippen LogP contribution in [0, 0.1) is 5.92 Å². The molecule has 2 nitrogen and oxygen atoms in total. The molecule has 2 aliphatic carbocycles. The van der Waals surface area contributed by atoms with Crippen molar-refractivity contribution in [2.24, 2.45) is 5.92 Å². The predicted molar refractivity (Wildman–Crippen MR) is 167 cm³/mol. The second-order valence-electron chi connectivity index (χ2n) is 11.6. The fraction of sp³-hybridized carbons (Fsp3) is 0.132. The third kappa shape index (κ3) is 3.26. The average molecular weight is 515 g/mol. The van der Waals surface area contributed by atoms with Crippen molar-refractivity contribution < 1.29 is 0 Å². The zero-order valence-corrected chi connectivity index (χ0v) is 22.8. The summed E-state index contributed by atoms with van der Waals surface area (Å²) in [6.45, 7) is 4.81. The van der Waals surface area contributed by atoms with E-state index in [1.54, 1.807) is 0 Å². The van der Waals surface area contributed by atoms with E-state index >= 15 is 0 Å². The number of fused-ring (bicyclic) bond motifs is 7. The van der Waals surface area contributed by atoms with E-state index < -0.39 is 0 Å². The summed E-state index contributed by atoms with van der Waals surface area (Å²) in [5.74, 6) is 0.598. The first-order chi connectivity index (χ1) is 19.6. The van der Waals surface area contributed by atoms with Crippen LogP contribution in [-0.4, -0.2) is 4.98 Å². The van der Waals surface area contributed by atoms with Gasteiger partial charge in [0.1, 0.15) is 0 Å². The SMILES string of the molecule is CC1(C)C2=C(c3ccccc31)N(c1ccc(-c3cccc4cccnc34)cc1)c1ccccc1C1C=CC=CC21. The maximum absolute atomic E-state index is 4.71. The summed E-state index contributed by atoms with van der Waals surface area (Å²) in [5, 5.41) is 1.16. The molecule has 1 aliphatic heterocycles. The monoisotopic (exact) mass is 514 g/mol. The Balaban J connectivity index is 1.37. The highest BCUT2D eigenvalue weighted by Crippen LogP contribution is 2.59. The van der Waals surface area contributed by atoms with E-state index in [1.165, 1.54) is 44.9 Å². The van der Waals surface area contributed by atoms with Crippen LogP contribution >= 0.6 is 0 Å². The summed E-state index contributed by atoms with van der Waals surface area (Å²) in [6.07, 6.45) is 11.1. The number of para-hydroxylation sites is 2. The van der Waals surface area contributed by atoms with Crippen LogP contribution in [0.1, 0.15) is 36.5 Å². The summed E-state index contributed by atoms with van der Waals surface area (Å²) >= 11 is 0. The normalized spacial score (nSPS) is 20.1. The first kappa shape index (κ1) is 23.2. The minimum absolute atomic E-state index is 0.0841. The molecule has 5 aromatic rings. The van der Waals surface area contributed by atoms with Crippen molar-refractivity contribution in [3.8, 4) is 11.1 Å². The Morgan fingerprint density at radius 1 is 0.675 bits per heavy atom. The highest BCUT2D eigenvalue weighted by Gasteiger charge is 2.47.